The fourth-order valence-corrected chi connectivity index (χ4v) is 3.97. The van der Waals surface area contributed by atoms with Crippen molar-refractivity contribution in [1.29, 1.82) is 0 Å². The van der Waals surface area contributed by atoms with Crippen molar-refractivity contribution in [2.24, 2.45) is 11.1 Å². The highest BCUT2D eigenvalue weighted by Gasteiger charge is 2.28. The molecule has 1 aromatic rings. The molecule has 0 aliphatic carbocycles. The molecule has 0 saturated carbocycles. The quantitative estimate of drug-likeness (QED) is 0.874. The van der Waals surface area contributed by atoms with Gasteiger partial charge in [-0.05, 0) is 40.4 Å². The summed E-state index contributed by atoms with van der Waals surface area (Å²) in [4.78, 5) is 13.6. The number of likely N-dealkylation sites (tertiary alicyclic amines) is 1. The molecule has 1 atom stereocenters. The molecule has 8 heteroatoms. The first kappa shape index (κ1) is 16.4. The maximum absolute atomic E-state index is 13.8. The topological polar surface area (TPSA) is 80.5 Å². The number of carbonyl (C=O) groups is 1. The highest BCUT2D eigenvalue weighted by Crippen LogP contribution is 2.28. The highest BCUT2D eigenvalue weighted by atomic mass is 79.9. The number of carbonyl (C=O) groups excluding carboxylic acids is 1. The Morgan fingerprint density at radius 2 is 2.19 bits per heavy atom. The summed E-state index contributed by atoms with van der Waals surface area (Å²) in [7, 11) is -4.11. The summed E-state index contributed by atoms with van der Waals surface area (Å²) in [5.74, 6) is -0.759. The number of nitrogens with zero attached hydrogens (tertiary/aromatic N) is 1. The minimum atomic E-state index is -4.11. The second kappa shape index (κ2) is 6.02. The molecule has 116 valence electrons. The summed E-state index contributed by atoms with van der Waals surface area (Å²) in [5, 5.41) is 5.04. The number of halogens is 2. The Morgan fingerprint density at radius 3 is 2.71 bits per heavy atom. The van der Waals surface area contributed by atoms with Crippen molar-refractivity contribution in [2.45, 2.75) is 24.7 Å². The van der Waals surface area contributed by atoms with E-state index in [4.69, 9.17) is 5.14 Å². The minimum Gasteiger partial charge on any atom is -0.338 e. The number of rotatable bonds is 3. The number of hydrogen-bond donors (Lipinski definition) is 1. The molecule has 1 heterocycles. The molecule has 1 aliphatic heterocycles. The molecule has 1 fully saturated rings. The number of amides is 1. The minimum absolute atomic E-state index is 0.00326. The van der Waals surface area contributed by atoms with Gasteiger partial charge in [-0.15, -0.1) is 0 Å². The second-order valence-corrected chi connectivity index (χ2v) is 7.45. The maximum atomic E-state index is 13.8. The third-order valence-electron chi connectivity index (χ3n) is 3.70. The molecule has 2 rings (SSSR count). The smallest absolute Gasteiger partial charge is 0.254 e. The van der Waals surface area contributed by atoms with Crippen LogP contribution in [0, 0.1) is 11.7 Å². The van der Waals surface area contributed by atoms with Gasteiger partial charge in [0.1, 0.15) is 5.82 Å². The lowest BCUT2D eigenvalue weighted by molar-refractivity contribution is 0.0786. The summed E-state index contributed by atoms with van der Waals surface area (Å²) in [6.45, 7) is 3.26. The van der Waals surface area contributed by atoms with Crippen LogP contribution >= 0.6 is 15.9 Å². The maximum Gasteiger partial charge on any atom is 0.254 e. The van der Waals surface area contributed by atoms with Crippen LogP contribution in [0.1, 0.15) is 30.1 Å². The van der Waals surface area contributed by atoms with Gasteiger partial charge in [0, 0.05) is 18.7 Å². The molecule has 2 N–H and O–H groups in total. The van der Waals surface area contributed by atoms with Crippen molar-refractivity contribution >= 4 is 31.9 Å². The summed E-state index contributed by atoms with van der Waals surface area (Å²) >= 11 is 2.84. The van der Waals surface area contributed by atoms with Crippen LogP contribution < -0.4 is 5.14 Å². The van der Waals surface area contributed by atoms with Gasteiger partial charge in [0.25, 0.3) is 5.91 Å². The van der Waals surface area contributed by atoms with Crippen molar-refractivity contribution in [3.63, 3.8) is 0 Å². The molecule has 0 bridgehead atoms. The highest BCUT2D eigenvalue weighted by molar-refractivity contribution is 9.10. The molecule has 0 spiro atoms. The van der Waals surface area contributed by atoms with E-state index in [1.165, 1.54) is 0 Å². The third kappa shape index (κ3) is 3.44. The number of hydrogen-bond acceptors (Lipinski definition) is 3. The predicted molar refractivity (Wildman–Crippen MR) is 79.8 cm³/mol. The molecule has 0 aromatic heterocycles. The zero-order chi connectivity index (χ0) is 15.8. The second-order valence-electron chi connectivity index (χ2n) is 5.13. The predicted octanol–water partition coefficient (Wildman–Crippen LogP) is 2.11. The van der Waals surface area contributed by atoms with Crippen molar-refractivity contribution in [2.75, 3.05) is 13.1 Å². The first-order chi connectivity index (χ1) is 9.74. The van der Waals surface area contributed by atoms with Gasteiger partial charge >= 0.3 is 0 Å². The molecule has 1 aromatic carbocycles. The number of primary sulfonamides is 1. The van der Waals surface area contributed by atoms with E-state index < -0.39 is 20.7 Å². The van der Waals surface area contributed by atoms with Crippen molar-refractivity contribution in [3.8, 4) is 0 Å². The lowest BCUT2D eigenvalue weighted by Gasteiger charge is -2.17. The molecular weight excluding hydrogens is 363 g/mol. The fourth-order valence-electron chi connectivity index (χ4n) is 2.43. The van der Waals surface area contributed by atoms with Crippen LogP contribution in [0.3, 0.4) is 0 Å². The number of nitrogens with two attached hydrogens (primary N) is 1. The Balaban J connectivity index is 2.37. The van der Waals surface area contributed by atoms with Gasteiger partial charge in [0.2, 0.25) is 10.0 Å². The van der Waals surface area contributed by atoms with Crippen LogP contribution in [0.4, 0.5) is 4.39 Å². The average Bonchev–Trinajstić information content (AvgIpc) is 2.88. The average molecular weight is 379 g/mol. The van der Waals surface area contributed by atoms with Crippen molar-refractivity contribution < 1.29 is 17.6 Å². The zero-order valence-electron chi connectivity index (χ0n) is 11.5. The van der Waals surface area contributed by atoms with E-state index in [9.17, 15) is 17.6 Å². The standard InChI is InChI=1S/C13H16BrFN2O3S/c1-2-8-3-4-17(7-8)13(18)9-5-10(15)12(14)11(6-9)21(16,19)20/h5-6,8H,2-4,7H2,1H3,(H2,16,19,20). The summed E-state index contributed by atoms with van der Waals surface area (Å²) < 4.78 is 36.5. The molecule has 1 unspecified atom stereocenters. The van der Waals surface area contributed by atoms with E-state index in [0.29, 0.717) is 19.0 Å². The lowest BCUT2D eigenvalue weighted by atomic mass is 10.1. The summed E-state index contributed by atoms with van der Waals surface area (Å²) in [6, 6.07) is 2.14. The van der Waals surface area contributed by atoms with Crippen LogP contribution in [-0.2, 0) is 10.0 Å². The Kier molecular flexibility index (Phi) is 4.69. The van der Waals surface area contributed by atoms with Gasteiger partial charge in [-0.1, -0.05) is 13.3 Å². The van der Waals surface area contributed by atoms with Crippen LogP contribution in [0.15, 0.2) is 21.5 Å². The first-order valence-electron chi connectivity index (χ1n) is 6.55. The van der Waals surface area contributed by atoms with Crippen LogP contribution in [-0.4, -0.2) is 32.3 Å². The zero-order valence-corrected chi connectivity index (χ0v) is 13.9. The largest absolute Gasteiger partial charge is 0.338 e. The molecule has 1 amide bonds. The fraction of sp³-hybridized carbons (Fsp3) is 0.462. The van der Waals surface area contributed by atoms with E-state index in [0.717, 1.165) is 25.0 Å². The Morgan fingerprint density at radius 1 is 1.52 bits per heavy atom. The van der Waals surface area contributed by atoms with Crippen molar-refractivity contribution in [3.05, 3.63) is 28.0 Å². The first-order valence-corrected chi connectivity index (χ1v) is 8.89. The Bertz CT molecular complexity index is 678. The van der Waals surface area contributed by atoms with Crippen molar-refractivity contribution in [1.82, 2.24) is 4.90 Å². The van der Waals surface area contributed by atoms with Gasteiger partial charge < -0.3 is 4.90 Å². The van der Waals surface area contributed by atoms with Gasteiger partial charge in [0.05, 0.1) is 9.37 Å². The SMILES string of the molecule is CCC1CCN(C(=O)c2cc(F)c(Br)c(S(N)(=O)=O)c2)C1. The molecular formula is C13H16BrFN2O3S. The molecule has 1 saturated heterocycles. The molecule has 1 aliphatic rings. The van der Waals surface area contributed by atoms with E-state index in [2.05, 4.69) is 22.9 Å². The Labute approximate surface area is 131 Å². The third-order valence-corrected chi connectivity index (χ3v) is 5.70. The molecule has 21 heavy (non-hydrogen) atoms. The summed E-state index contributed by atoms with van der Waals surface area (Å²) in [6.07, 6.45) is 1.88. The van der Waals surface area contributed by atoms with Gasteiger partial charge in [-0.3, -0.25) is 4.79 Å². The van der Waals surface area contributed by atoms with Crippen LogP contribution in [0.2, 0.25) is 0 Å². The van der Waals surface area contributed by atoms with Crippen LogP contribution in [0.25, 0.3) is 0 Å². The molecule has 5 nitrogen and oxygen atoms in total. The molecule has 0 radical (unpaired) electrons. The van der Waals surface area contributed by atoms with Gasteiger partial charge in [0.15, 0.2) is 0 Å². The van der Waals surface area contributed by atoms with E-state index in [1.807, 2.05) is 0 Å². The van der Waals surface area contributed by atoms with E-state index in [-0.39, 0.29) is 15.9 Å². The Hall–Kier alpha value is -0.990. The van der Waals surface area contributed by atoms with Crippen LogP contribution in [0.5, 0.6) is 0 Å². The van der Waals surface area contributed by atoms with E-state index in [1.54, 1.807) is 4.90 Å². The summed E-state index contributed by atoms with van der Waals surface area (Å²) in [5.41, 5.74) is -0.00326. The lowest BCUT2D eigenvalue weighted by Crippen LogP contribution is -2.29. The van der Waals surface area contributed by atoms with Gasteiger partial charge in [-0.2, -0.15) is 0 Å². The van der Waals surface area contributed by atoms with E-state index >= 15 is 0 Å². The normalized spacial score (nSPS) is 19.0. The van der Waals surface area contributed by atoms with Gasteiger partial charge in [-0.25, -0.2) is 17.9 Å². The monoisotopic (exact) mass is 378 g/mol. The number of benzene rings is 1. The number of sulfonamides is 1.